The Hall–Kier alpha value is -2.93. The van der Waals surface area contributed by atoms with Crippen LogP contribution < -0.4 is 14.8 Å². The van der Waals surface area contributed by atoms with E-state index in [0.29, 0.717) is 30.9 Å². The Labute approximate surface area is 173 Å². The lowest BCUT2D eigenvalue weighted by atomic mass is 10.00. The number of carbonyl (C=O) groups is 1. The van der Waals surface area contributed by atoms with Crippen molar-refractivity contribution < 1.29 is 14.3 Å². The fourth-order valence-corrected chi connectivity index (χ4v) is 3.73. The maximum absolute atomic E-state index is 12.3. The van der Waals surface area contributed by atoms with E-state index in [2.05, 4.69) is 29.4 Å². The number of carbonyl (C=O) groups excluding carboxylic acids is 1. The average molecular weight is 392 g/mol. The first-order chi connectivity index (χ1) is 14.2. The zero-order valence-corrected chi connectivity index (χ0v) is 17.1. The molecule has 0 saturated carbocycles. The Bertz CT molecular complexity index is 882. The zero-order chi connectivity index (χ0) is 20.5. The van der Waals surface area contributed by atoms with Crippen LogP contribution in [0.1, 0.15) is 47.9 Å². The van der Waals surface area contributed by atoms with Crippen LogP contribution in [-0.2, 0) is 30.6 Å². The number of hydrogen-bond donors (Lipinski definition) is 1. The molecule has 0 atom stereocenters. The number of amides is 1. The maximum Gasteiger partial charge on any atom is 0.220 e. The molecule has 0 unspecified atom stereocenters. The molecular formula is C25H29NO3. The number of methoxy groups -OCH3 is 1. The van der Waals surface area contributed by atoms with Gasteiger partial charge >= 0.3 is 0 Å². The molecule has 0 aliphatic heterocycles. The van der Waals surface area contributed by atoms with Gasteiger partial charge in [-0.25, -0.2) is 0 Å². The molecule has 0 heterocycles. The summed E-state index contributed by atoms with van der Waals surface area (Å²) in [5, 5.41) is 3.04. The molecule has 1 aliphatic carbocycles. The monoisotopic (exact) mass is 391 g/mol. The smallest absolute Gasteiger partial charge is 0.220 e. The van der Waals surface area contributed by atoms with Crippen molar-refractivity contribution in [3.05, 3.63) is 58.7 Å². The molecule has 0 saturated heterocycles. The van der Waals surface area contributed by atoms with Gasteiger partial charge in [0.15, 0.2) is 11.5 Å². The Kier molecular flexibility index (Phi) is 7.58. The second-order valence-electron chi connectivity index (χ2n) is 7.42. The van der Waals surface area contributed by atoms with Crippen LogP contribution in [-0.4, -0.2) is 19.6 Å². The minimum Gasteiger partial charge on any atom is -0.493 e. The van der Waals surface area contributed by atoms with Crippen LogP contribution in [0.5, 0.6) is 11.5 Å². The van der Waals surface area contributed by atoms with Crippen molar-refractivity contribution >= 4 is 5.91 Å². The fourth-order valence-electron chi connectivity index (χ4n) is 3.73. The number of ether oxygens (including phenoxy) is 2. The third kappa shape index (κ3) is 6.02. The molecule has 0 bridgehead atoms. The van der Waals surface area contributed by atoms with Crippen molar-refractivity contribution in [3.8, 4) is 23.8 Å². The normalized spacial score (nSPS) is 13.0. The van der Waals surface area contributed by atoms with Gasteiger partial charge in [0, 0.05) is 13.0 Å². The van der Waals surface area contributed by atoms with Crippen LogP contribution >= 0.6 is 0 Å². The van der Waals surface area contributed by atoms with Gasteiger partial charge in [-0.3, -0.25) is 4.79 Å². The van der Waals surface area contributed by atoms with Gasteiger partial charge in [0.05, 0.1) is 7.11 Å². The molecule has 29 heavy (non-hydrogen) atoms. The molecule has 1 N–H and O–H groups in total. The van der Waals surface area contributed by atoms with Crippen molar-refractivity contribution in [2.24, 2.45) is 0 Å². The lowest BCUT2D eigenvalue weighted by Crippen LogP contribution is -2.23. The van der Waals surface area contributed by atoms with Crippen molar-refractivity contribution in [1.29, 1.82) is 0 Å². The molecule has 0 radical (unpaired) electrons. The summed E-state index contributed by atoms with van der Waals surface area (Å²) in [6, 6.07) is 12.3. The van der Waals surface area contributed by atoms with Crippen molar-refractivity contribution in [1.82, 2.24) is 5.32 Å². The van der Waals surface area contributed by atoms with Crippen LogP contribution in [0, 0.1) is 12.3 Å². The highest BCUT2D eigenvalue weighted by Gasteiger charge is 2.10. The number of aryl methyl sites for hydroxylation is 3. The van der Waals surface area contributed by atoms with Gasteiger partial charge < -0.3 is 14.8 Å². The minimum absolute atomic E-state index is 0.0477. The van der Waals surface area contributed by atoms with E-state index in [9.17, 15) is 4.79 Å². The molecule has 1 aliphatic rings. The third-order valence-corrected chi connectivity index (χ3v) is 5.33. The summed E-state index contributed by atoms with van der Waals surface area (Å²) in [4.78, 5) is 12.3. The largest absolute Gasteiger partial charge is 0.493 e. The van der Waals surface area contributed by atoms with Gasteiger partial charge in [-0.1, -0.05) is 36.6 Å². The molecule has 3 rings (SSSR count). The first kappa shape index (κ1) is 20.8. The number of nitrogens with one attached hydrogen (secondary N) is 1. The molecule has 4 heteroatoms. The molecule has 0 aromatic heterocycles. The molecule has 0 fully saturated rings. The van der Waals surface area contributed by atoms with E-state index in [1.807, 2.05) is 18.2 Å². The van der Waals surface area contributed by atoms with Gasteiger partial charge in [0.1, 0.15) is 6.61 Å². The second-order valence-corrected chi connectivity index (χ2v) is 7.42. The maximum atomic E-state index is 12.3. The van der Waals surface area contributed by atoms with Gasteiger partial charge in [-0.15, -0.1) is 6.42 Å². The topological polar surface area (TPSA) is 47.6 Å². The van der Waals surface area contributed by atoms with Crippen LogP contribution in [0.25, 0.3) is 0 Å². The van der Waals surface area contributed by atoms with Crippen LogP contribution in [0.3, 0.4) is 0 Å². The molecule has 1 amide bonds. The van der Waals surface area contributed by atoms with E-state index < -0.39 is 0 Å². The highest BCUT2D eigenvalue weighted by Crippen LogP contribution is 2.28. The van der Waals surface area contributed by atoms with Gasteiger partial charge in [-0.05, 0) is 66.5 Å². The molecule has 2 aromatic rings. The molecule has 152 valence electrons. The molecule has 4 nitrogen and oxygen atoms in total. The molecule has 0 spiro atoms. The standard InChI is InChI=1S/C25H29NO3/c1-3-15-29-23-13-10-19(17-24(23)28-2)11-14-25(27)26-18-20-9-12-21-7-5-4-6-8-22(21)16-20/h1,9-10,12-13,16-17H,4-8,11,14-15,18H2,2H3,(H,26,27). The number of hydrogen-bond acceptors (Lipinski definition) is 3. The average Bonchev–Trinajstić information content (AvgIpc) is 3.00. The summed E-state index contributed by atoms with van der Waals surface area (Å²) < 4.78 is 10.8. The fraction of sp³-hybridized carbons (Fsp3) is 0.400. The summed E-state index contributed by atoms with van der Waals surface area (Å²) in [5.41, 5.74) is 5.13. The van der Waals surface area contributed by atoms with Gasteiger partial charge in [0.2, 0.25) is 5.91 Å². The summed E-state index contributed by atoms with van der Waals surface area (Å²) in [7, 11) is 1.59. The summed E-state index contributed by atoms with van der Waals surface area (Å²) >= 11 is 0. The first-order valence-corrected chi connectivity index (χ1v) is 10.3. The lowest BCUT2D eigenvalue weighted by molar-refractivity contribution is -0.121. The number of benzene rings is 2. The first-order valence-electron chi connectivity index (χ1n) is 10.3. The van der Waals surface area contributed by atoms with Gasteiger partial charge in [0.25, 0.3) is 0 Å². The summed E-state index contributed by atoms with van der Waals surface area (Å²) in [6.45, 7) is 0.773. The molecule has 2 aromatic carbocycles. The van der Waals surface area contributed by atoms with Gasteiger partial charge in [-0.2, -0.15) is 0 Å². The third-order valence-electron chi connectivity index (χ3n) is 5.33. The predicted molar refractivity (Wildman–Crippen MR) is 115 cm³/mol. The van der Waals surface area contributed by atoms with E-state index in [1.165, 1.54) is 42.4 Å². The van der Waals surface area contributed by atoms with E-state index in [4.69, 9.17) is 15.9 Å². The van der Waals surface area contributed by atoms with Crippen LogP contribution in [0.4, 0.5) is 0 Å². The van der Waals surface area contributed by atoms with E-state index >= 15 is 0 Å². The quantitative estimate of drug-likeness (QED) is 0.541. The van der Waals surface area contributed by atoms with Crippen molar-refractivity contribution in [3.63, 3.8) is 0 Å². The summed E-state index contributed by atoms with van der Waals surface area (Å²) in [6.07, 6.45) is 12.5. The van der Waals surface area contributed by atoms with Crippen LogP contribution in [0.2, 0.25) is 0 Å². The lowest BCUT2D eigenvalue weighted by Gasteiger charge is -2.11. The van der Waals surface area contributed by atoms with Crippen molar-refractivity contribution in [2.45, 2.75) is 51.5 Å². The Morgan fingerprint density at radius 1 is 1.03 bits per heavy atom. The van der Waals surface area contributed by atoms with E-state index in [-0.39, 0.29) is 12.5 Å². The zero-order valence-electron chi connectivity index (χ0n) is 17.1. The minimum atomic E-state index is 0.0477. The van der Waals surface area contributed by atoms with Crippen molar-refractivity contribution in [2.75, 3.05) is 13.7 Å². The molecular weight excluding hydrogens is 362 g/mol. The van der Waals surface area contributed by atoms with E-state index in [1.54, 1.807) is 7.11 Å². The highest BCUT2D eigenvalue weighted by molar-refractivity contribution is 5.76. The van der Waals surface area contributed by atoms with Crippen LogP contribution in [0.15, 0.2) is 36.4 Å². The highest BCUT2D eigenvalue weighted by atomic mass is 16.5. The SMILES string of the molecule is C#CCOc1ccc(CCC(=O)NCc2ccc3c(c2)CCCCC3)cc1OC. The Morgan fingerprint density at radius 2 is 1.83 bits per heavy atom. The summed E-state index contributed by atoms with van der Waals surface area (Å²) in [5.74, 6) is 3.73. The number of fused-ring (bicyclic) bond motifs is 1. The second kappa shape index (κ2) is 10.6. The Morgan fingerprint density at radius 3 is 2.62 bits per heavy atom. The van der Waals surface area contributed by atoms with E-state index in [0.717, 1.165) is 12.0 Å². The predicted octanol–water partition coefficient (Wildman–Crippen LogP) is 4.23. The number of rotatable bonds is 8. The number of terminal acetylenes is 1. The Balaban J connectivity index is 1.50.